The van der Waals surface area contributed by atoms with Gasteiger partial charge in [0.2, 0.25) is 0 Å². The zero-order valence-electron chi connectivity index (χ0n) is 22.9. The molecule has 206 valence electrons. The number of H-pyrrole nitrogens is 1. The molecule has 1 atom stereocenters. The van der Waals surface area contributed by atoms with Gasteiger partial charge in [-0.05, 0) is 37.4 Å². The van der Waals surface area contributed by atoms with Gasteiger partial charge in [-0.25, -0.2) is 9.78 Å². The first-order valence-corrected chi connectivity index (χ1v) is 14.1. The number of para-hydroxylation sites is 1. The Morgan fingerprint density at radius 2 is 1.66 bits per heavy atom. The Balaban J connectivity index is 1.01. The molecule has 3 aromatic heterocycles. The molecule has 4 aromatic rings. The fourth-order valence-electron chi connectivity index (χ4n) is 5.29. The quantitative estimate of drug-likeness (QED) is 0.195. The van der Waals surface area contributed by atoms with Crippen LogP contribution in [0.5, 0.6) is 0 Å². The maximum absolute atomic E-state index is 12.7. The zero-order valence-corrected chi connectivity index (χ0v) is 22.9. The third-order valence-electron chi connectivity index (χ3n) is 7.50. The molecule has 9 heteroatoms. The van der Waals surface area contributed by atoms with Gasteiger partial charge in [0.15, 0.2) is 11.2 Å². The van der Waals surface area contributed by atoms with Crippen LogP contribution in [-0.4, -0.2) is 42.8 Å². The van der Waals surface area contributed by atoms with Crippen LogP contribution in [0, 0.1) is 0 Å². The molecule has 0 aliphatic carbocycles. The minimum atomic E-state index is -0.285. The summed E-state index contributed by atoms with van der Waals surface area (Å²) in [5, 5.41) is 4.79. The van der Waals surface area contributed by atoms with Crippen molar-refractivity contribution in [2.24, 2.45) is 19.8 Å². The number of hydrogen-bond donors (Lipinski definition) is 3. The third-order valence-corrected chi connectivity index (χ3v) is 7.50. The summed E-state index contributed by atoms with van der Waals surface area (Å²) in [5.41, 5.74) is 9.21. The number of nitrogens with one attached hydrogen (secondary N) is 2. The number of aromatic amines is 1. The van der Waals surface area contributed by atoms with Crippen LogP contribution in [0.1, 0.15) is 63.4 Å². The van der Waals surface area contributed by atoms with Gasteiger partial charge >= 0.3 is 5.69 Å². The van der Waals surface area contributed by atoms with E-state index >= 15 is 0 Å². The maximum atomic E-state index is 12.7. The second kappa shape index (κ2) is 13.6. The van der Waals surface area contributed by atoms with E-state index in [4.69, 9.17) is 5.73 Å². The molecular weight excluding hydrogens is 478 g/mol. The fourth-order valence-corrected chi connectivity index (χ4v) is 5.29. The number of rotatable bonds is 16. The van der Waals surface area contributed by atoms with Gasteiger partial charge in [-0.2, -0.15) is 0 Å². The predicted octanol–water partition coefficient (Wildman–Crippen LogP) is 3.59. The Morgan fingerprint density at radius 1 is 0.974 bits per heavy atom. The molecule has 0 saturated heterocycles. The number of fused-ring (bicyclic) bond motifs is 2. The van der Waals surface area contributed by atoms with Crippen LogP contribution in [-0.2, 0) is 27.1 Å². The molecule has 1 unspecified atom stereocenters. The largest absolute Gasteiger partial charge is 0.361 e. The van der Waals surface area contributed by atoms with E-state index in [9.17, 15) is 9.59 Å². The summed E-state index contributed by atoms with van der Waals surface area (Å²) < 4.78 is 4.50. The van der Waals surface area contributed by atoms with E-state index in [1.165, 1.54) is 64.1 Å². The first kappa shape index (κ1) is 27.9. The zero-order chi connectivity index (χ0) is 26.9. The highest BCUT2D eigenvalue weighted by Crippen LogP contribution is 2.18. The number of aryl methyl sites for hydroxylation is 2. The van der Waals surface area contributed by atoms with E-state index in [0.717, 1.165) is 38.8 Å². The Labute approximate surface area is 224 Å². The van der Waals surface area contributed by atoms with E-state index in [1.807, 2.05) is 6.07 Å². The third kappa shape index (κ3) is 6.82. The molecular formula is C29H43N7O2. The SMILES string of the molecule is Cn1cnc2c1c(=O)n(CCCCCCCCCCCNCC(N)Cc1c[nH]c3ccccc13)c(=O)n2C. The molecule has 0 radical (unpaired) electrons. The van der Waals surface area contributed by atoms with Gasteiger partial charge in [0.1, 0.15) is 0 Å². The summed E-state index contributed by atoms with van der Waals surface area (Å²) in [6, 6.07) is 8.49. The van der Waals surface area contributed by atoms with Crippen LogP contribution in [0.3, 0.4) is 0 Å². The van der Waals surface area contributed by atoms with Crippen molar-refractivity contribution in [3.8, 4) is 0 Å². The summed E-state index contributed by atoms with van der Waals surface area (Å²) in [6.45, 7) is 2.32. The summed E-state index contributed by atoms with van der Waals surface area (Å²) in [5.74, 6) is 0. The molecule has 0 aliphatic rings. The fraction of sp³-hybridized carbons (Fsp3) is 0.552. The van der Waals surface area contributed by atoms with Crippen LogP contribution in [0.4, 0.5) is 0 Å². The Kier molecular flexibility index (Phi) is 9.95. The Morgan fingerprint density at radius 3 is 2.42 bits per heavy atom. The number of nitrogens with two attached hydrogens (primary N) is 1. The lowest BCUT2D eigenvalue weighted by Crippen LogP contribution is -2.39. The average Bonchev–Trinajstić information content (AvgIpc) is 3.50. The van der Waals surface area contributed by atoms with Crippen LogP contribution in [0.25, 0.3) is 22.1 Å². The van der Waals surface area contributed by atoms with E-state index < -0.39 is 0 Å². The standard InChI is InChI=1S/C29H43N7O2/c1-34-21-33-27-26(34)28(37)36(29(38)35(27)2)17-13-9-7-5-3-4-6-8-12-16-31-20-23(30)18-22-19-32-25-15-11-10-14-24(22)25/h10-11,14-15,19,21,23,31-32H,3-9,12-13,16-18,20,30H2,1-2H3. The Hall–Kier alpha value is -3.17. The number of nitrogens with zero attached hydrogens (tertiary/aromatic N) is 4. The van der Waals surface area contributed by atoms with E-state index in [0.29, 0.717) is 17.7 Å². The number of hydrogen-bond acceptors (Lipinski definition) is 5. The number of aromatic nitrogens is 5. The molecule has 0 amide bonds. The molecule has 4 rings (SSSR count). The van der Waals surface area contributed by atoms with Crippen molar-refractivity contribution in [2.75, 3.05) is 13.1 Å². The monoisotopic (exact) mass is 521 g/mol. The highest BCUT2D eigenvalue weighted by Gasteiger charge is 2.14. The van der Waals surface area contributed by atoms with Crippen molar-refractivity contribution in [3.63, 3.8) is 0 Å². The lowest BCUT2D eigenvalue weighted by molar-refractivity contribution is 0.509. The number of unbranched alkanes of at least 4 members (excludes halogenated alkanes) is 8. The molecule has 9 nitrogen and oxygen atoms in total. The topological polar surface area (TPSA) is 116 Å². The molecule has 1 aromatic carbocycles. The van der Waals surface area contributed by atoms with E-state index in [2.05, 4.69) is 39.7 Å². The van der Waals surface area contributed by atoms with Gasteiger partial charge < -0.3 is 20.6 Å². The highest BCUT2D eigenvalue weighted by molar-refractivity contribution is 5.83. The Bertz CT molecular complexity index is 1430. The highest BCUT2D eigenvalue weighted by atomic mass is 16.2. The van der Waals surface area contributed by atoms with Crippen LogP contribution in [0.15, 0.2) is 46.4 Å². The second-order valence-corrected chi connectivity index (χ2v) is 10.5. The first-order chi connectivity index (χ1) is 18.5. The molecule has 0 aliphatic heterocycles. The van der Waals surface area contributed by atoms with Crippen molar-refractivity contribution in [2.45, 2.75) is 76.8 Å². The van der Waals surface area contributed by atoms with E-state index in [-0.39, 0.29) is 17.3 Å². The summed E-state index contributed by atoms with van der Waals surface area (Å²) in [4.78, 5) is 32.8. The van der Waals surface area contributed by atoms with Gasteiger partial charge in [-0.3, -0.25) is 13.9 Å². The molecule has 4 N–H and O–H groups in total. The van der Waals surface area contributed by atoms with Gasteiger partial charge in [-0.1, -0.05) is 63.1 Å². The lowest BCUT2D eigenvalue weighted by Gasteiger charge is -2.12. The molecule has 0 spiro atoms. The van der Waals surface area contributed by atoms with Crippen molar-refractivity contribution in [3.05, 3.63) is 63.2 Å². The van der Waals surface area contributed by atoms with Crippen molar-refractivity contribution in [1.82, 2.24) is 29.0 Å². The lowest BCUT2D eigenvalue weighted by atomic mass is 10.1. The number of imidazole rings is 1. The average molecular weight is 522 g/mol. The van der Waals surface area contributed by atoms with Crippen molar-refractivity contribution < 1.29 is 0 Å². The summed E-state index contributed by atoms with van der Waals surface area (Å²) in [6.07, 6.45) is 14.9. The number of benzene rings is 1. The van der Waals surface area contributed by atoms with Gasteiger partial charge in [0.05, 0.1) is 6.33 Å². The van der Waals surface area contributed by atoms with Crippen molar-refractivity contribution in [1.29, 1.82) is 0 Å². The van der Waals surface area contributed by atoms with Crippen LogP contribution < -0.4 is 22.3 Å². The normalized spacial score (nSPS) is 12.6. The summed E-state index contributed by atoms with van der Waals surface area (Å²) >= 11 is 0. The first-order valence-electron chi connectivity index (χ1n) is 14.1. The molecule has 38 heavy (non-hydrogen) atoms. The van der Waals surface area contributed by atoms with Crippen molar-refractivity contribution >= 4 is 22.1 Å². The minimum Gasteiger partial charge on any atom is -0.361 e. The van der Waals surface area contributed by atoms with E-state index in [1.54, 1.807) is 25.0 Å². The smallest absolute Gasteiger partial charge is 0.332 e. The van der Waals surface area contributed by atoms with Gasteiger partial charge in [0.25, 0.3) is 5.56 Å². The maximum Gasteiger partial charge on any atom is 0.332 e. The second-order valence-electron chi connectivity index (χ2n) is 10.5. The summed E-state index contributed by atoms with van der Waals surface area (Å²) in [7, 11) is 3.45. The van der Waals surface area contributed by atoms with Crippen LogP contribution >= 0.6 is 0 Å². The predicted molar refractivity (Wildman–Crippen MR) is 155 cm³/mol. The molecule has 0 bridgehead atoms. The molecule has 3 heterocycles. The van der Waals surface area contributed by atoms with Gasteiger partial charge in [0, 0.05) is 50.3 Å². The minimum absolute atomic E-state index is 0.119. The molecule has 0 saturated carbocycles. The molecule has 0 fully saturated rings. The van der Waals surface area contributed by atoms with Crippen LogP contribution in [0.2, 0.25) is 0 Å². The van der Waals surface area contributed by atoms with Gasteiger partial charge in [-0.15, -0.1) is 0 Å².